The highest BCUT2D eigenvalue weighted by atomic mass is 15.2. The van der Waals surface area contributed by atoms with E-state index in [-0.39, 0.29) is 0 Å². The molecule has 2 heterocycles. The van der Waals surface area contributed by atoms with Gasteiger partial charge in [0.2, 0.25) is 5.95 Å². The molecule has 3 nitrogen and oxygen atoms in total. The van der Waals surface area contributed by atoms with Crippen LogP contribution in [0.15, 0.2) is 36.7 Å². The Balaban J connectivity index is 1.88. The number of imidazole rings is 1. The average molecular weight is 241 g/mol. The van der Waals surface area contributed by atoms with Gasteiger partial charge in [-0.15, -0.1) is 0 Å². The van der Waals surface area contributed by atoms with Crippen molar-refractivity contribution in [3.8, 4) is 0 Å². The van der Waals surface area contributed by atoms with Crippen LogP contribution in [0.1, 0.15) is 36.9 Å². The van der Waals surface area contributed by atoms with Gasteiger partial charge >= 0.3 is 0 Å². The van der Waals surface area contributed by atoms with Gasteiger partial charge in [-0.25, -0.2) is 4.98 Å². The second-order valence-electron chi connectivity index (χ2n) is 4.88. The molecular formula is C15H19N3. The summed E-state index contributed by atoms with van der Waals surface area (Å²) in [5, 5.41) is 3.33. The largest absolute Gasteiger partial charge is 0.356 e. The number of benzene rings is 1. The van der Waals surface area contributed by atoms with Gasteiger partial charge in [0, 0.05) is 18.9 Å². The first-order chi connectivity index (χ1) is 8.88. The third kappa shape index (κ3) is 2.01. The Morgan fingerprint density at radius 1 is 1.33 bits per heavy atom. The van der Waals surface area contributed by atoms with Gasteiger partial charge in [0.15, 0.2) is 0 Å². The molecule has 0 radical (unpaired) electrons. The molecule has 94 valence electrons. The molecule has 0 saturated heterocycles. The number of fused-ring (bicyclic) bond motifs is 1. The number of nitrogens with one attached hydrogen (secondary N) is 1. The molecule has 0 fully saturated rings. The van der Waals surface area contributed by atoms with Gasteiger partial charge in [-0.3, -0.25) is 0 Å². The quantitative estimate of drug-likeness (QED) is 0.894. The zero-order valence-electron chi connectivity index (χ0n) is 10.8. The van der Waals surface area contributed by atoms with Crippen LogP contribution in [0.3, 0.4) is 0 Å². The first-order valence-corrected chi connectivity index (χ1v) is 6.74. The molecular weight excluding hydrogens is 222 g/mol. The second-order valence-corrected chi connectivity index (χ2v) is 4.88. The molecule has 0 spiro atoms. The molecule has 3 rings (SSSR count). The lowest BCUT2D eigenvalue weighted by molar-refractivity contribution is 0.530. The maximum Gasteiger partial charge on any atom is 0.203 e. The normalized spacial score (nSPS) is 18.2. The number of hydrogen-bond donors (Lipinski definition) is 1. The van der Waals surface area contributed by atoms with Crippen molar-refractivity contribution in [3.63, 3.8) is 0 Å². The van der Waals surface area contributed by atoms with Crippen molar-refractivity contribution in [1.29, 1.82) is 0 Å². The lowest BCUT2D eigenvalue weighted by atomic mass is 9.99. The van der Waals surface area contributed by atoms with Crippen molar-refractivity contribution in [2.75, 3.05) is 11.9 Å². The number of aryl methyl sites for hydroxylation is 1. The lowest BCUT2D eigenvalue weighted by Gasteiger charge is -2.26. The molecule has 1 aromatic carbocycles. The summed E-state index contributed by atoms with van der Waals surface area (Å²) in [6.45, 7) is 3.22. The van der Waals surface area contributed by atoms with Crippen LogP contribution in [0.2, 0.25) is 0 Å². The summed E-state index contributed by atoms with van der Waals surface area (Å²) in [5.41, 5.74) is 2.82. The fraction of sp³-hybridized carbons (Fsp3) is 0.400. The van der Waals surface area contributed by atoms with E-state index in [4.69, 9.17) is 0 Å². The third-order valence-corrected chi connectivity index (χ3v) is 3.61. The van der Waals surface area contributed by atoms with Crippen LogP contribution >= 0.6 is 0 Å². The maximum atomic E-state index is 4.33. The minimum absolute atomic E-state index is 0.430. The molecule has 1 unspecified atom stereocenters. The molecule has 1 aliphatic heterocycles. The fourth-order valence-electron chi connectivity index (χ4n) is 2.68. The molecule has 0 amide bonds. The van der Waals surface area contributed by atoms with Crippen molar-refractivity contribution < 1.29 is 0 Å². The average Bonchev–Trinajstić information content (AvgIpc) is 2.88. The van der Waals surface area contributed by atoms with Crippen LogP contribution in [0, 0.1) is 0 Å². The molecule has 1 N–H and O–H groups in total. The van der Waals surface area contributed by atoms with Crippen molar-refractivity contribution in [3.05, 3.63) is 47.8 Å². The molecule has 0 aliphatic carbocycles. The van der Waals surface area contributed by atoms with Crippen LogP contribution in [-0.2, 0) is 6.42 Å². The van der Waals surface area contributed by atoms with Crippen LogP contribution in [0.4, 0.5) is 5.95 Å². The molecule has 0 saturated carbocycles. The molecule has 1 atom stereocenters. The highest BCUT2D eigenvalue weighted by molar-refractivity contribution is 5.34. The molecule has 2 aromatic rings. The van der Waals surface area contributed by atoms with Gasteiger partial charge in [0.25, 0.3) is 0 Å². The zero-order valence-corrected chi connectivity index (χ0v) is 10.8. The van der Waals surface area contributed by atoms with Crippen molar-refractivity contribution >= 4 is 5.95 Å². The maximum absolute atomic E-state index is 4.33. The fourth-order valence-corrected chi connectivity index (χ4v) is 2.68. The Morgan fingerprint density at radius 3 is 2.94 bits per heavy atom. The summed E-state index contributed by atoms with van der Waals surface area (Å²) in [5.74, 6) is 0.990. The van der Waals surface area contributed by atoms with E-state index >= 15 is 0 Å². The summed E-state index contributed by atoms with van der Waals surface area (Å²) < 4.78 is 2.23. The van der Waals surface area contributed by atoms with E-state index in [1.54, 1.807) is 0 Å². The summed E-state index contributed by atoms with van der Waals surface area (Å²) in [4.78, 5) is 4.33. The van der Waals surface area contributed by atoms with E-state index in [0.717, 1.165) is 18.9 Å². The minimum Gasteiger partial charge on any atom is -0.356 e. The number of aromatic nitrogens is 2. The van der Waals surface area contributed by atoms with Crippen LogP contribution in [-0.4, -0.2) is 16.1 Å². The predicted molar refractivity (Wildman–Crippen MR) is 73.9 cm³/mol. The number of rotatable bonds is 3. The van der Waals surface area contributed by atoms with Crippen LogP contribution in [0.5, 0.6) is 0 Å². The molecule has 0 bridgehead atoms. The molecule has 1 aliphatic rings. The van der Waals surface area contributed by atoms with Gasteiger partial charge in [0.1, 0.15) is 0 Å². The van der Waals surface area contributed by atoms with Gasteiger partial charge in [-0.1, -0.05) is 37.6 Å². The first kappa shape index (κ1) is 11.3. The topological polar surface area (TPSA) is 29.9 Å². The van der Waals surface area contributed by atoms with Crippen molar-refractivity contribution in [2.24, 2.45) is 0 Å². The number of hydrogen-bond acceptors (Lipinski definition) is 2. The van der Waals surface area contributed by atoms with Crippen LogP contribution < -0.4 is 5.32 Å². The highest BCUT2D eigenvalue weighted by Gasteiger charge is 2.20. The number of nitrogens with zero attached hydrogens (tertiary/aromatic N) is 2. The standard InChI is InChI=1S/C15H19N3/c1-2-3-12-4-6-13(7-5-12)14-8-9-16-15-17-10-11-18(14)15/h4-7,10-11,14H,2-3,8-9H2,1H3,(H,16,17). The second kappa shape index (κ2) is 4.84. The Hall–Kier alpha value is -1.77. The Labute approximate surface area is 108 Å². The Bertz CT molecular complexity index is 513. The minimum atomic E-state index is 0.430. The van der Waals surface area contributed by atoms with E-state index in [2.05, 4.69) is 52.3 Å². The van der Waals surface area contributed by atoms with Gasteiger partial charge in [-0.2, -0.15) is 0 Å². The summed E-state index contributed by atoms with van der Waals surface area (Å²) in [6, 6.07) is 9.49. The summed E-state index contributed by atoms with van der Waals surface area (Å²) in [6.07, 6.45) is 7.43. The highest BCUT2D eigenvalue weighted by Crippen LogP contribution is 2.28. The molecule has 3 heteroatoms. The van der Waals surface area contributed by atoms with E-state index in [9.17, 15) is 0 Å². The first-order valence-electron chi connectivity index (χ1n) is 6.74. The molecule has 1 aromatic heterocycles. The smallest absolute Gasteiger partial charge is 0.203 e. The van der Waals surface area contributed by atoms with Gasteiger partial charge < -0.3 is 9.88 Å². The Morgan fingerprint density at radius 2 is 2.17 bits per heavy atom. The number of anilines is 1. The lowest BCUT2D eigenvalue weighted by Crippen LogP contribution is -2.23. The molecule has 18 heavy (non-hydrogen) atoms. The van der Waals surface area contributed by atoms with Crippen molar-refractivity contribution in [1.82, 2.24) is 9.55 Å². The van der Waals surface area contributed by atoms with E-state index in [0.29, 0.717) is 6.04 Å². The zero-order chi connectivity index (χ0) is 12.4. The van der Waals surface area contributed by atoms with E-state index in [1.807, 2.05) is 6.20 Å². The monoisotopic (exact) mass is 241 g/mol. The predicted octanol–water partition coefficient (Wildman–Crippen LogP) is 3.24. The van der Waals surface area contributed by atoms with Gasteiger partial charge in [0.05, 0.1) is 6.04 Å². The Kier molecular flexibility index (Phi) is 3.05. The van der Waals surface area contributed by atoms with Crippen LogP contribution in [0.25, 0.3) is 0 Å². The van der Waals surface area contributed by atoms with E-state index in [1.165, 1.54) is 24.0 Å². The summed E-state index contributed by atoms with van der Waals surface area (Å²) in [7, 11) is 0. The van der Waals surface area contributed by atoms with Gasteiger partial charge in [-0.05, 0) is 24.0 Å². The van der Waals surface area contributed by atoms with Crippen molar-refractivity contribution in [2.45, 2.75) is 32.2 Å². The SMILES string of the molecule is CCCc1ccc(C2CCNc3nccn32)cc1. The van der Waals surface area contributed by atoms with E-state index < -0.39 is 0 Å². The summed E-state index contributed by atoms with van der Waals surface area (Å²) >= 11 is 0. The third-order valence-electron chi connectivity index (χ3n) is 3.61.